The Bertz CT molecular complexity index is 609. The summed E-state index contributed by atoms with van der Waals surface area (Å²) in [6, 6.07) is 7.19. The van der Waals surface area contributed by atoms with E-state index in [1.54, 1.807) is 18.3 Å². The Balaban J connectivity index is 2.10. The molecule has 1 heterocycles. The van der Waals surface area contributed by atoms with Crippen molar-refractivity contribution in [2.75, 3.05) is 18.4 Å². The highest BCUT2D eigenvalue weighted by molar-refractivity contribution is 7.17. The minimum absolute atomic E-state index is 0.303. The van der Waals surface area contributed by atoms with Crippen molar-refractivity contribution in [2.24, 2.45) is 0 Å². The number of fused-ring (bicyclic) bond motifs is 1. The predicted octanol–water partition coefficient (Wildman–Crippen LogP) is 2.84. The smallest absolute Gasteiger partial charge is 0.323 e. The Hall–Kier alpha value is -2.08. The third-order valence-electron chi connectivity index (χ3n) is 2.70. The fourth-order valence-corrected chi connectivity index (χ4v) is 2.51. The van der Waals surface area contributed by atoms with Crippen LogP contribution in [0.25, 0.3) is 10.1 Å². The summed E-state index contributed by atoms with van der Waals surface area (Å²) >= 11 is 1.63. The third-order valence-corrected chi connectivity index (χ3v) is 3.60. The number of hydrogen-bond acceptors (Lipinski definition) is 3. The van der Waals surface area contributed by atoms with Crippen molar-refractivity contribution < 1.29 is 14.7 Å². The molecule has 0 radical (unpaired) electrons. The van der Waals surface area contributed by atoms with Crippen molar-refractivity contribution >= 4 is 39.1 Å². The third kappa shape index (κ3) is 3.23. The molecule has 0 fully saturated rings. The molecule has 19 heavy (non-hydrogen) atoms. The van der Waals surface area contributed by atoms with Gasteiger partial charge in [0.05, 0.1) is 0 Å². The maximum atomic E-state index is 11.9. The second-order valence-electron chi connectivity index (χ2n) is 4.01. The Morgan fingerprint density at radius 2 is 2.16 bits per heavy atom. The van der Waals surface area contributed by atoms with Gasteiger partial charge in [0.25, 0.3) is 0 Å². The summed E-state index contributed by atoms with van der Waals surface area (Å²) in [4.78, 5) is 23.8. The largest absolute Gasteiger partial charge is 0.480 e. The topological polar surface area (TPSA) is 69.6 Å². The Kier molecular flexibility index (Phi) is 4.01. The molecule has 0 spiro atoms. The molecule has 2 rings (SSSR count). The molecule has 0 bridgehead atoms. The second-order valence-corrected chi connectivity index (χ2v) is 4.96. The number of benzene rings is 1. The van der Waals surface area contributed by atoms with Gasteiger partial charge in [0.2, 0.25) is 0 Å². The van der Waals surface area contributed by atoms with Crippen LogP contribution in [0.5, 0.6) is 0 Å². The van der Waals surface area contributed by atoms with Gasteiger partial charge < -0.3 is 15.3 Å². The number of nitrogens with one attached hydrogen (secondary N) is 1. The molecular formula is C13H14N2O3S. The molecule has 0 saturated carbocycles. The Labute approximate surface area is 114 Å². The number of thiophene rings is 1. The van der Waals surface area contributed by atoms with Crippen LogP contribution in [0.3, 0.4) is 0 Å². The quantitative estimate of drug-likeness (QED) is 0.903. The van der Waals surface area contributed by atoms with Crippen LogP contribution in [-0.4, -0.2) is 35.1 Å². The van der Waals surface area contributed by atoms with E-state index in [0.29, 0.717) is 12.2 Å². The minimum atomic E-state index is -1.02. The standard InChI is InChI=1S/C13H14N2O3S/c1-2-15(8-12(16)17)13(18)14-10-3-4-11-9(7-10)5-6-19-11/h3-7H,2,8H2,1H3,(H,14,18)(H,16,17). The number of rotatable bonds is 4. The van der Waals surface area contributed by atoms with Crippen LogP contribution in [0.15, 0.2) is 29.6 Å². The van der Waals surface area contributed by atoms with Crippen LogP contribution in [0.2, 0.25) is 0 Å². The van der Waals surface area contributed by atoms with E-state index in [4.69, 9.17) is 5.11 Å². The minimum Gasteiger partial charge on any atom is -0.480 e. The fourth-order valence-electron chi connectivity index (χ4n) is 1.74. The molecule has 1 aromatic heterocycles. The first-order chi connectivity index (χ1) is 9.10. The monoisotopic (exact) mass is 278 g/mol. The first kappa shape index (κ1) is 13.4. The number of carboxylic acids is 1. The molecule has 2 N–H and O–H groups in total. The van der Waals surface area contributed by atoms with Crippen LogP contribution < -0.4 is 5.32 Å². The molecule has 5 nitrogen and oxygen atoms in total. The van der Waals surface area contributed by atoms with Crippen molar-refractivity contribution in [3.05, 3.63) is 29.6 Å². The van der Waals surface area contributed by atoms with E-state index in [2.05, 4.69) is 5.32 Å². The zero-order valence-electron chi connectivity index (χ0n) is 10.4. The number of anilines is 1. The Morgan fingerprint density at radius 1 is 1.37 bits per heavy atom. The highest BCUT2D eigenvalue weighted by atomic mass is 32.1. The molecule has 0 aliphatic carbocycles. The van der Waals surface area contributed by atoms with Crippen LogP contribution >= 0.6 is 11.3 Å². The fraction of sp³-hybridized carbons (Fsp3) is 0.231. The van der Waals surface area contributed by atoms with E-state index in [0.717, 1.165) is 10.1 Å². The molecule has 0 unspecified atom stereocenters. The number of amides is 2. The van der Waals surface area contributed by atoms with Crippen LogP contribution in [0.1, 0.15) is 6.92 Å². The summed E-state index contributed by atoms with van der Waals surface area (Å²) in [6.45, 7) is 1.78. The SMILES string of the molecule is CCN(CC(=O)O)C(=O)Nc1ccc2sccc2c1. The molecule has 2 aromatic rings. The van der Waals surface area contributed by atoms with Crippen molar-refractivity contribution in [3.8, 4) is 0 Å². The lowest BCUT2D eigenvalue weighted by Crippen LogP contribution is -2.38. The number of hydrogen-bond donors (Lipinski definition) is 2. The first-order valence-electron chi connectivity index (χ1n) is 5.85. The summed E-state index contributed by atoms with van der Waals surface area (Å²) in [7, 11) is 0. The molecule has 0 aliphatic rings. The van der Waals surface area contributed by atoms with Crippen LogP contribution in [-0.2, 0) is 4.79 Å². The maximum Gasteiger partial charge on any atom is 0.323 e. The molecular weight excluding hydrogens is 264 g/mol. The molecule has 2 amide bonds. The lowest BCUT2D eigenvalue weighted by molar-refractivity contribution is -0.137. The number of carbonyl (C=O) groups excluding carboxylic acids is 1. The average molecular weight is 278 g/mol. The second kappa shape index (κ2) is 5.71. The van der Waals surface area contributed by atoms with Crippen molar-refractivity contribution in [1.82, 2.24) is 4.90 Å². The van der Waals surface area contributed by atoms with Gasteiger partial charge in [-0.15, -0.1) is 11.3 Å². The summed E-state index contributed by atoms with van der Waals surface area (Å²) in [5.41, 5.74) is 0.666. The number of carboxylic acid groups (broad SMARTS) is 1. The summed E-state index contributed by atoms with van der Waals surface area (Å²) < 4.78 is 1.15. The first-order valence-corrected chi connectivity index (χ1v) is 6.73. The van der Waals surface area contributed by atoms with E-state index in [1.807, 2.05) is 29.6 Å². The van der Waals surface area contributed by atoms with Crippen molar-refractivity contribution in [3.63, 3.8) is 0 Å². The molecule has 0 aliphatic heterocycles. The van der Waals surface area contributed by atoms with Gasteiger partial charge in [-0.1, -0.05) is 0 Å². The molecule has 100 valence electrons. The highest BCUT2D eigenvalue weighted by Gasteiger charge is 2.14. The van der Waals surface area contributed by atoms with E-state index in [9.17, 15) is 9.59 Å². The van der Waals surface area contributed by atoms with Gasteiger partial charge in [-0.2, -0.15) is 0 Å². The maximum absolute atomic E-state index is 11.9. The normalized spacial score (nSPS) is 10.4. The van der Waals surface area contributed by atoms with Gasteiger partial charge in [-0.3, -0.25) is 4.79 Å². The number of likely N-dealkylation sites (N-methyl/N-ethyl adjacent to an activating group) is 1. The van der Waals surface area contributed by atoms with Gasteiger partial charge in [0.1, 0.15) is 6.54 Å². The lowest BCUT2D eigenvalue weighted by atomic mass is 10.2. The predicted molar refractivity (Wildman–Crippen MR) is 75.7 cm³/mol. The molecule has 6 heteroatoms. The zero-order chi connectivity index (χ0) is 13.8. The number of nitrogens with zero attached hydrogens (tertiary/aromatic N) is 1. The van der Waals surface area contributed by atoms with E-state index in [1.165, 1.54) is 4.90 Å². The number of urea groups is 1. The molecule has 0 atom stereocenters. The average Bonchev–Trinajstić information content (AvgIpc) is 2.82. The van der Waals surface area contributed by atoms with Gasteiger partial charge in [0.15, 0.2) is 0 Å². The highest BCUT2D eigenvalue weighted by Crippen LogP contribution is 2.24. The van der Waals surface area contributed by atoms with E-state index in [-0.39, 0.29) is 6.54 Å². The van der Waals surface area contributed by atoms with Gasteiger partial charge >= 0.3 is 12.0 Å². The van der Waals surface area contributed by atoms with Crippen LogP contribution in [0, 0.1) is 0 Å². The van der Waals surface area contributed by atoms with E-state index >= 15 is 0 Å². The molecule has 0 saturated heterocycles. The van der Waals surface area contributed by atoms with Gasteiger partial charge in [-0.05, 0) is 42.0 Å². The summed E-state index contributed by atoms with van der Waals surface area (Å²) in [5, 5.41) is 14.5. The number of aliphatic carboxylic acids is 1. The van der Waals surface area contributed by atoms with Crippen molar-refractivity contribution in [2.45, 2.75) is 6.92 Å². The van der Waals surface area contributed by atoms with Crippen LogP contribution in [0.4, 0.5) is 10.5 Å². The lowest BCUT2D eigenvalue weighted by Gasteiger charge is -2.19. The Morgan fingerprint density at radius 3 is 2.84 bits per heavy atom. The zero-order valence-corrected chi connectivity index (χ0v) is 11.2. The van der Waals surface area contributed by atoms with E-state index < -0.39 is 12.0 Å². The van der Waals surface area contributed by atoms with Gasteiger partial charge in [-0.25, -0.2) is 4.79 Å². The summed E-state index contributed by atoms with van der Waals surface area (Å²) in [6.07, 6.45) is 0. The van der Waals surface area contributed by atoms with Crippen molar-refractivity contribution in [1.29, 1.82) is 0 Å². The number of carbonyl (C=O) groups is 2. The van der Waals surface area contributed by atoms with Gasteiger partial charge in [0, 0.05) is 16.9 Å². The summed E-state index contributed by atoms with van der Waals surface area (Å²) in [5.74, 6) is -1.02. The molecule has 1 aromatic carbocycles.